The fourth-order valence-corrected chi connectivity index (χ4v) is 2.08. The molecule has 0 saturated heterocycles. The van der Waals surface area contributed by atoms with Gasteiger partial charge < -0.3 is 5.21 Å². The maximum Gasteiger partial charge on any atom is 0.242 e. The van der Waals surface area contributed by atoms with Crippen LogP contribution in [0.4, 0.5) is 0 Å². The molecule has 1 aliphatic heterocycles. The number of aromatic nitrogens is 2. The molecule has 5 heteroatoms. The minimum Gasteiger partial charge on any atom is -0.359 e. The van der Waals surface area contributed by atoms with Crippen LogP contribution in [0.2, 0.25) is 0 Å². The van der Waals surface area contributed by atoms with Gasteiger partial charge in [0.15, 0.2) is 0 Å². The highest BCUT2D eigenvalue weighted by molar-refractivity contribution is 5.28. The van der Waals surface area contributed by atoms with Gasteiger partial charge in [-0.05, 0) is 32.6 Å². The molecule has 0 unspecified atom stereocenters. The number of hydrogen-bond donors (Lipinski definition) is 1. The second-order valence-electron chi connectivity index (χ2n) is 4.50. The Balaban J connectivity index is 2.67. The van der Waals surface area contributed by atoms with Crippen molar-refractivity contribution in [2.45, 2.75) is 38.8 Å². The number of rotatable bonds is 0. The first-order valence-electron chi connectivity index (χ1n) is 4.24. The van der Waals surface area contributed by atoms with Crippen LogP contribution in [0.15, 0.2) is 4.63 Å². The van der Waals surface area contributed by atoms with Crippen molar-refractivity contribution >= 4 is 0 Å². The van der Waals surface area contributed by atoms with E-state index in [0.29, 0.717) is 16.3 Å². The van der Waals surface area contributed by atoms with Gasteiger partial charge in [0.2, 0.25) is 11.4 Å². The summed E-state index contributed by atoms with van der Waals surface area (Å²) in [6.07, 6.45) is 0. The second-order valence-corrected chi connectivity index (χ2v) is 4.50. The molecule has 2 heterocycles. The topological polar surface area (TPSA) is 65.0 Å². The molecular formula is C8H13N3O2. The van der Waals surface area contributed by atoms with Crippen LogP contribution < -0.4 is 10.2 Å². The van der Waals surface area contributed by atoms with Crippen LogP contribution in [0.3, 0.4) is 0 Å². The van der Waals surface area contributed by atoms with Gasteiger partial charge in [-0.1, -0.05) is 0 Å². The van der Waals surface area contributed by atoms with Crippen LogP contribution in [-0.2, 0) is 11.1 Å². The Kier molecular flexibility index (Phi) is 1.33. The van der Waals surface area contributed by atoms with Crippen LogP contribution in [0.1, 0.15) is 39.1 Å². The molecular weight excluding hydrogens is 170 g/mol. The van der Waals surface area contributed by atoms with Crippen molar-refractivity contribution in [1.82, 2.24) is 10.5 Å². The van der Waals surface area contributed by atoms with Gasteiger partial charge >= 0.3 is 0 Å². The van der Waals surface area contributed by atoms with E-state index in [1.807, 2.05) is 27.7 Å². The number of nitrogens with zero attached hydrogens (tertiary/aromatic N) is 2. The summed E-state index contributed by atoms with van der Waals surface area (Å²) in [6.45, 7) is 7.82. The molecule has 1 aliphatic rings. The molecule has 0 saturated carbocycles. The normalized spacial score (nSPS) is 23.1. The van der Waals surface area contributed by atoms with Crippen molar-refractivity contribution in [2.24, 2.45) is 0 Å². The van der Waals surface area contributed by atoms with Crippen molar-refractivity contribution < 1.29 is 9.53 Å². The summed E-state index contributed by atoms with van der Waals surface area (Å²) in [5.74, 6) is 0. The average Bonchev–Trinajstić information content (AvgIpc) is 2.35. The van der Waals surface area contributed by atoms with Crippen molar-refractivity contribution in [2.75, 3.05) is 0 Å². The van der Waals surface area contributed by atoms with Crippen molar-refractivity contribution in [1.29, 1.82) is 0 Å². The zero-order valence-electron chi connectivity index (χ0n) is 8.21. The molecule has 1 aromatic heterocycles. The van der Waals surface area contributed by atoms with E-state index in [4.69, 9.17) is 0 Å². The highest BCUT2D eigenvalue weighted by Crippen LogP contribution is 2.37. The van der Waals surface area contributed by atoms with E-state index in [0.717, 1.165) is 0 Å². The third kappa shape index (κ3) is 0.966. The van der Waals surface area contributed by atoms with Crippen molar-refractivity contribution in [3.63, 3.8) is 0 Å². The molecule has 72 valence electrons. The maximum atomic E-state index is 11.3. The third-order valence-electron chi connectivity index (χ3n) is 2.42. The van der Waals surface area contributed by atoms with Crippen LogP contribution >= 0.6 is 0 Å². The summed E-state index contributed by atoms with van der Waals surface area (Å²) < 4.78 is 4.58. The monoisotopic (exact) mass is 183 g/mol. The Hall–Kier alpha value is -1.10. The molecule has 13 heavy (non-hydrogen) atoms. The van der Waals surface area contributed by atoms with Crippen molar-refractivity contribution in [3.8, 4) is 0 Å². The first-order chi connectivity index (χ1) is 5.84. The molecule has 0 aromatic carbocycles. The van der Waals surface area contributed by atoms with E-state index in [1.165, 1.54) is 0 Å². The Morgan fingerprint density at radius 3 is 2.46 bits per heavy atom. The molecule has 0 amide bonds. The minimum absolute atomic E-state index is 0.294. The van der Waals surface area contributed by atoms with E-state index in [2.05, 4.69) is 15.1 Å². The van der Waals surface area contributed by atoms with E-state index in [-0.39, 0.29) is 11.1 Å². The summed E-state index contributed by atoms with van der Waals surface area (Å²) in [5, 5.41) is 18.3. The minimum atomic E-state index is -0.374. The van der Waals surface area contributed by atoms with Gasteiger partial charge in [-0.25, -0.2) is 0 Å². The van der Waals surface area contributed by atoms with Gasteiger partial charge in [-0.3, -0.25) is 9.95 Å². The van der Waals surface area contributed by atoms with Gasteiger partial charge in [0.25, 0.3) is 0 Å². The summed E-state index contributed by atoms with van der Waals surface area (Å²) in [4.78, 5) is 0.483. The van der Waals surface area contributed by atoms with Gasteiger partial charge in [-0.2, -0.15) is 0 Å². The zero-order chi connectivity index (χ0) is 9.85. The molecule has 1 N–H and O–H groups in total. The Morgan fingerprint density at radius 2 is 1.92 bits per heavy atom. The van der Waals surface area contributed by atoms with Gasteiger partial charge in [-0.15, -0.1) is 0 Å². The van der Waals surface area contributed by atoms with Crippen LogP contribution in [-0.4, -0.2) is 5.16 Å². The fourth-order valence-electron chi connectivity index (χ4n) is 2.08. The molecule has 0 bridgehead atoms. The van der Waals surface area contributed by atoms with E-state index in [9.17, 15) is 5.21 Å². The summed E-state index contributed by atoms with van der Waals surface area (Å²) >= 11 is 0. The fraction of sp³-hybridized carbons (Fsp3) is 0.750. The van der Waals surface area contributed by atoms with Crippen LogP contribution in [0, 0.1) is 5.21 Å². The molecule has 0 spiro atoms. The lowest BCUT2D eigenvalue weighted by atomic mass is 10.0. The van der Waals surface area contributed by atoms with Gasteiger partial charge in [0, 0.05) is 5.16 Å². The maximum absolute atomic E-state index is 11.3. The standard InChI is InChI=1S/C8H13N3O2/c1-7(2)5-6(8(3,4)10-7)11(12)13-9-5/h10H,1-4H3. The zero-order valence-corrected chi connectivity index (χ0v) is 8.21. The summed E-state index contributed by atoms with van der Waals surface area (Å²) in [5.41, 5.74) is 0.614. The first kappa shape index (κ1) is 8.50. The van der Waals surface area contributed by atoms with Crippen LogP contribution in [0.25, 0.3) is 0 Å². The Bertz CT molecular complexity index is 354. The Labute approximate surface area is 76.3 Å². The number of hydrogen-bond acceptors (Lipinski definition) is 4. The highest BCUT2D eigenvalue weighted by atomic mass is 16.8. The predicted octanol–water partition coefficient (Wildman–Crippen LogP) is 0.381. The molecule has 0 aliphatic carbocycles. The van der Waals surface area contributed by atoms with Gasteiger partial charge in [0.1, 0.15) is 0 Å². The molecule has 0 atom stereocenters. The molecule has 5 nitrogen and oxygen atoms in total. The number of nitrogens with one attached hydrogen (secondary N) is 1. The summed E-state index contributed by atoms with van der Waals surface area (Å²) in [7, 11) is 0. The lowest BCUT2D eigenvalue weighted by Crippen LogP contribution is -2.45. The predicted molar refractivity (Wildman–Crippen MR) is 44.7 cm³/mol. The third-order valence-corrected chi connectivity index (χ3v) is 2.42. The molecule has 0 radical (unpaired) electrons. The SMILES string of the molecule is CC1(C)NC(C)(C)c2c1no[n+]2[O-]. The highest BCUT2D eigenvalue weighted by Gasteiger charge is 2.51. The molecule has 0 fully saturated rings. The van der Waals surface area contributed by atoms with Crippen LogP contribution in [0.5, 0.6) is 0 Å². The lowest BCUT2D eigenvalue weighted by molar-refractivity contribution is -0.810. The van der Waals surface area contributed by atoms with Gasteiger partial charge in [0.05, 0.1) is 11.1 Å². The molecule has 1 aromatic rings. The van der Waals surface area contributed by atoms with Crippen molar-refractivity contribution in [3.05, 3.63) is 16.6 Å². The number of fused-ring (bicyclic) bond motifs is 1. The van der Waals surface area contributed by atoms with E-state index >= 15 is 0 Å². The lowest BCUT2D eigenvalue weighted by Gasteiger charge is -2.23. The van der Waals surface area contributed by atoms with E-state index < -0.39 is 0 Å². The second kappa shape index (κ2) is 2.04. The smallest absolute Gasteiger partial charge is 0.242 e. The quantitative estimate of drug-likeness (QED) is 0.590. The molecule has 2 rings (SSSR count). The van der Waals surface area contributed by atoms with E-state index in [1.54, 1.807) is 0 Å². The average molecular weight is 183 g/mol. The largest absolute Gasteiger partial charge is 0.359 e. The summed E-state index contributed by atoms with van der Waals surface area (Å²) in [6, 6.07) is 0. The first-order valence-corrected chi connectivity index (χ1v) is 4.24. The Morgan fingerprint density at radius 1 is 1.31 bits per heavy atom.